The smallest absolute Gasteiger partial charge is 0.143 e. The van der Waals surface area contributed by atoms with Crippen LogP contribution >= 0.6 is 11.3 Å². The summed E-state index contributed by atoms with van der Waals surface area (Å²) in [6.07, 6.45) is 5.16. The van der Waals surface area contributed by atoms with Crippen LogP contribution in [0.15, 0.2) is 36.8 Å². The van der Waals surface area contributed by atoms with Crippen molar-refractivity contribution < 1.29 is 0 Å². The lowest BCUT2D eigenvalue weighted by molar-refractivity contribution is 1.30. The number of hydrogen-bond donors (Lipinski definition) is 1. The average molecular weight is 228 g/mol. The molecule has 2 N–H and O–H groups in total. The number of hydrogen-bond acceptors (Lipinski definition) is 5. The fraction of sp³-hybridized carbons (Fsp3) is 0. The second-order valence-corrected chi connectivity index (χ2v) is 4.37. The fourth-order valence-corrected chi connectivity index (χ4v) is 2.33. The lowest BCUT2D eigenvalue weighted by Crippen LogP contribution is -1.87. The highest BCUT2D eigenvalue weighted by molar-refractivity contribution is 7.21. The van der Waals surface area contributed by atoms with E-state index in [1.165, 1.54) is 0 Å². The first-order chi connectivity index (χ1) is 7.83. The van der Waals surface area contributed by atoms with Crippen molar-refractivity contribution in [1.29, 1.82) is 0 Å². The number of aromatic nitrogens is 3. The second kappa shape index (κ2) is 3.53. The lowest BCUT2D eigenvalue weighted by atomic mass is 10.3. The Kier molecular flexibility index (Phi) is 2.04. The Morgan fingerprint density at radius 1 is 1.12 bits per heavy atom. The first-order valence-corrected chi connectivity index (χ1v) is 5.57. The minimum atomic E-state index is 0.659. The Morgan fingerprint density at radius 3 is 2.81 bits per heavy atom. The number of anilines is 1. The van der Waals surface area contributed by atoms with Gasteiger partial charge in [0.1, 0.15) is 10.5 Å². The Balaban J connectivity index is 2.15. The molecule has 0 saturated carbocycles. The van der Waals surface area contributed by atoms with E-state index >= 15 is 0 Å². The van der Waals surface area contributed by atoms with Crippen LogP contribution in [0, 0.1) is 0 Å². The van der Waals surface area contributed by atoms with E-state index in [1.54, 1.807) is 29.9 Å². The molecule has 3 aromatic rings. The van der Waals surface area contributed by atoms with Gasteiger partial charge in [0.15, 0.2) is 0 Å². The van der Waals surface area contributed by atoms with Crippen LogP contribution in [-0.2, 0) is 0 Å². The standard InChI is InChI=1S/C11H8N4S/c12-7-1-2-8(14-5-7)11-15-9-6-13-4-3-10(9)16-11/h1-6H,12H2. The number of nitrogen functional groups attached to an aromatic ring is 1. The molecule has 0 aliphatic heterocycles. The van der Waals surface area contributed by atoms with Crippen molar-refractivity contribution in [1.82, 2.24) is 15.0 Å². The van der Waals surface area contributed by atoms with Crippen molar-refractivity contribution in [3.8, 4) is 10.7 Å². The third-order valence-corrected chi connectivity index (χ3v) is 3.25. The molecular weight excluding hydrogens is 220 g/mol. The van der Waals surface area contributed by atoms with Gasteiger partial charge in [-0.1, -0.05) is 0 Å². The van der Waals surface area contributed by atoms with E-state index in [-0.39, 0.29) is 0 Å². The van der Waals surface area contributed by atoms with Crippen LogP contribution in [0.3, 0.4) is 0 Å². The van der Waals surface area contributed by atoms with Crippen LogP contribution in [0.1, 0.15) is 0 Å². The predicted molar refractivity (Wildman–Crippen MR) is 65.1 cm³/mol. The van der Waals surface area contributed by atoms with Gasteiger partial charge in [0.05, 0.1) is 28.5 Å². The minimum absolute atomic E-state index is 0.659. The maximum atomic E-state index is 5.59. The van der Waals surface area contributed by atoms with E-state index in [4.69, 9.17) is 5.73 Å². The van der Waals surface area contributed by atoms with Crippen LogP contribution in [0.25, 0.3) is 20.9 Å². The zero-order valence-corrected chi connectivity index (χ0v) is 9.11. The molecule has 0 unspecified atom stereocenters. The van der Waals surface area contributed by atoms with Gasteiger partial charge in [-0.3, -0.25) is 9.97 Å². The summed E-state index contributed by atoms with van der Waals surface area (Å²) in [7, 11) is 0. The number of nitrogens with zero attached hydrogens (tertiary/aromatic N) is 3. The van der Waals surface area contributed by atoms with Gasteiger partial charge in [-0.25, -0.2) is 4.98 Å². The van der Waals surface area contributed by atoms with Crippen molar-refractivity contribution in [3.63, 3.8) is 0 Å². The second-order valence-electron chi connectivity index (χ2n) is 3.34. The fourth-order valence-electron chi connectivity index (χ4n) is 1.42. The molecule has 3 heterocycles. The van der Waals surface area contributed by atoms with Gasteiger partial charge >= 0.3 is 0 Å². The molecule has 3 rings (SSSR count). The number of pyridine rings is 2. The normalized spacial score (nSPS) is 10.8. The Bertz CT molecular complexity index is 597. The van der Waals surface area contributed by atoms with Crippen molar-refractivity contribution >= 4 is 27.2 Å². The molecule has 0 aromatic carbocycles. The molecule has 0 spiro atoms. The summed E-state index contributed by atoms with van der Waals surface area (Å²) >= 11 is 1.60. The van der Waals surface area contributed by atoms with Gasteiger partial charge in [-0.15, -0.1) is 11.3 Å². The largest absolute Gasteiger partial charge is 0.397 e. The zero-order valence-electron chi connectivity index (χ0n) is 8.29. The highest BCUT2D eigenvalue weighted by Crippen LogP contribution is 2.28. The van der Waals surface area contributed by atoms with Crippen LogP contribution in [-0.4, -0.2) is 15.0 Å². The number of nitrogens with two attached hydrogens (primary N) is 1. The van der Waals surface area contributed by atoms with E-state index in [0.29, 0.717) is 5.69 Å². The van der Waals surface area contributed by atoms with E-state index in [1.807, 2.05) is 18.2 Å². The number of fused-ring (bicyclic) bond motifs is 1. The predicted octanol–water partition coefficient (Wildman–Crippen LogP) is 2.34. The average Bonchev–Trinajstić information content (AvgIpc) is 2.73. The lowest BCUT2D eigenvalue weighted by Gasteiger charge is -1.94. The van der Waals surface area contributed by atoms with Crippen LogP contribution in [0.2, 0.25) is 0 Å². The summed E-state index contributed by atoms with van der Waals surface area (Å²) in [5, 5.41) is 0.892. The molecule has 0 radical (unpaired) electrons. The van der Waals surface area contributed by atoms with Crippen LogP contribution in [0.5, 0.6) is 0 Å². The molecule has 0 bridgehead atoms. The number of thiazole rings is 1. The van der Waals surface area contributed by atoms with Crippen molar-refractivity contribution in [2.75, 3.05) is 5.73 Å². The summed E-state index contributed by atoms with van der Waals surface area (Å²) in [6, 6.07) is 5.65. The van der Waals surface area contributed by atoms with Crippen molar-refractivity contribution in [2.45, 2.75) is 0 Å². The van der Waals surface area contributed by atoms with Gasteiger partial charge in [0, 0.05) is 6.20 Å². The van der Waals surface area contributed by atoms with Gasteiger partial charge in [0.2, 0.25) is 0 Å². The molecule has 0 amide bonds. The first kappa shape index (κ1) is 9.23. The highest BCUT2D eigenvalue weighted by Gasteiger charge is 2.06. The molecule has 3 aromatic heterocycles. The monoisotopic (exact) mass is 228 g/mol. The van der Waals surface area contributed by atoms with Crippen LogP contribution < -0.4 is 5.73 Å². The van der Waals surface area contributed by atoms with E-state index in [0.717, 1.165) is 20.9 Å². The van der Waals surface area contributed by atoms with Gasteiger partial charge in [0.25, 0.3) is 0 Å². The summed E-state index contributed by atoms with van der Waals surface area (Å²) in [5.74, 6) is 0. The Hall–Kier alpha value is -2.01. The molecule has 5 heteroatoms. The molecule has 0 aliphatic carbocycles. The minimum Gasteiger partial charge on any atom is -0.397 e. The third-order valence-electron chi connectivity index (χ3n) is 2.20. The summed E-state index contributed by atoms with van der Waals surface area (Å²) < 4.78 is 1.11. The molecule has 0 aliphatic rings. The third kappa shape index (κ3) is 1.51. The van der Waals surface area contributed by atoms with E-state index in [9.17, 15) is 0 Å². The van der Waals surface area contributed by atoms with Crippen molar-refractivity contribution in [3.05, 3.63) is 36.8 Å². The maximum Gasteiger partial charge on any atom is 0.143 e. The highest BCUT2D eigenvalue weighted by atomic mass is 32.1. The molecule has 0 fully saturated rings. The zero-order chi connectivity index (χ0) is 11.0. The van der Waals surface area contributed by atoms with Gasteiger partial charge < -0.3 is 5.73 Å². The van der Waals surface area contributed by atoms with Crippen molar-refractivity contribution in [2.24, 2.45) is 0 Å². The summed E-state index contributed by atoms with van der Waals surface area (Å²) in [6.45, 7) is 0. The molecule has 0 saturated heterocycles. The molecule has 78 valence electrons. The Labute approximate surface area is 95.8 Å². The Morgan fingerprint density at radius 2 is 2.06 bits per heavy atom. The van der Waals surface area contributed by atoms with Crippen LogP contribution in [0.4, 0.5) is 5.69 Å². The quantitative estimate of drug-likeness (QED) is 0.694. The topological polar surface area (TPSA) is 64.7 Å². The maximum absolute atomic E-state index is 5.59. The molecule has 4 nitrogen and oxygen atoms in total. The van der Waals surface area contributed by atoms with E-state index < -0.39 is 0 Å². The number of rotatable bonds is 1. The molecule has 0 atom stereocenters. The van der Waals surface area contributed by atoms with Gasteiger partial charge in [-0.2, -0.15) is 0 Å². The summed E-state index contributed by atoms with van der Waals surface area (Å²) in [5.41, 5.74) is 8.00. The molecule has 16 heavy (non-hydrogen) atoms. The van der Waals surface area contributed by atoms with E-state index in [2.05, 4.69) is 15.0 Å². The summed E-state index contributed by atoms with van der Waals surface area (Å²) in [4.78, 5) is 12.7. The SMILES string of the molecule is Nc1ccc(-c2nc3cnccc3s2)nc1. The first-order valence-electron chi connectivity index (χ1n) is 4.75. The molecular formula is C11H8N4S. The van der Waals surface area contributed by atoms with Gasteiger partial charge in [-0.05, 0) is 18.2 Å².